The first-order chi connectivity index (χ1) is 19.2. The summed E-state index contributed by atoms with van der Waals surface area (Å²) in [4.78, 5) is 32.7. The second kappa shape index (κ2) is 10.6. The minimum atomic E-state index is -4.42. The van der Waals surface area contributed by atoms with Gasteiger partial charge in [-0.2, -0.15) is 13.2 Å². The van der Waals surface area contributed by atoms with Crippen molar-refractivity contribution in [2.45, 2.75) is 58.0 Å². The van der Waals surface area contributed by atoms with Crippen molar-refractivity contribution in [3.63, 3.8) is 0 Å². The van der Waals surface area contributed by atoms with Crippen LogP contribution >= 0.6 is 11.3 Å². The van der Waals surface area contributed by atoms with Crippen LogP contribution in [0.4, 0.5) is 18.0 Å². The predicted octanol–water partition coefficient (Wildman–Crippen LogP) is 5.96. The smallest absolute Gasteiger partial charge is 0.407 e. The molecule has 1 fully saturated rings. The number of hydrogen-bond donors (Lipinski definition) is 1. The SMILES string of the molecule is COc1cc(C(=O)N2CCCC(NC(=O)OC(C)(C)C)C2)cc2nc(-c3cc4ccsc4n3CC(F)(F)F)n(C)c12. The topological polar surface area (TPSA) is 90.6 Å². The van der Waals surface area contributed by atoms with Gasteiger partial charge in [-0.1, -0.05) is 0 Å². The van der Waals surface area contributed by atoms with Crippen LogP contribution in [0.3, 0.4) is 0 Å². The Kier molecular flexibility index (Phi) is 7.43. The molecule has 1 saturated heterocycles. The summed E-state index contributed by atoms with van der Waals surface area (Å²) in [6.07, 6.45) is -3.54. The minimum Gasteiger partial charge on any atom is -0.494 e. The van der Waals surface area contributed by atoms with Gasteiger partial charge in [0, 0.05) is 37.1 Å². The highest BCUT2D eigenvalue weighted by atomic mass is 32.1. The van der Waals surface area contributed by atoms with Gasteiger partial charge < -0.3 is 28.8 Å². The number of fused-ring (bicyclic) bond motifs is 2. The Balaban J connectivity index is 1.47. The number of carbonyl (C=O) groups is 2. The molecule has 41 heavy (non-hydrogen) atoms. The minimum absolute atomic E-state index is 0.256. The number of aryl methyl sites for hydroxylation is 1. The van der Waals surface area contributed by atoms with Gasteiger partial charge >= 0.3 is 12.3 Å². The first kappa shape index (κ1) is 28.8. The maximum atomic E-state index is 13.6. The molecule has 4 aromatic rings. The number of thiophene rings is 1. The lowest BCUT2D eigenvalue weighted by Gasteiger charge is -2.33. The Bertz CT molecular complexity index is 1610. The molecule has 220 valence electrons. The number of alkyl carbamates (subject to hydrolysis) is 1. The molecule has 0 spiro atoms. The van der Waals surface area contributed by atoms with Crippen LogP contribution in [0, 0.1) is 0 Å². The molecular weight excluding hydrogens is 559 g/mol. The maximum Gasteiger partial charge on any atom is 0.407 e. The molecular formula is C28H32F3N5O4S. The van der Waals surface area contributed by atoms with Gasteiger partial charge in [0.2, 0.25) is 0 Å². The van der Waals surface area contributed by atoms with Crippen LogP contribution in [0.1, 0.15) is 44.0 Å². The highest BCUT2D eigenvalue weighted by Gasteiger charge is 2.32. The van der Waals surface area contributed by atoms with Crippen LogP contribution in [0.25, 0.3) is 32.8 Å². The van der Waals surface area contributed by atoms with E-state index in [1.165, 1.54) is 23.0 Å². The molecule has 5 rings (SSSR count). The van der Waals surface area contributed by atoms with Crippen LogP contribution in [0.2, 0.25) is 0 Å². The summed E-state index contributed by atoms with van der Waals surface area (Å²) in [5.74, 6) is 0.451. The van der Waals surface area contributed by atoms with E-state index in [1.54, 1.807) is 66.9 Å². The van der Waals surface area contributed by atoms with Crippen molar-refractivity contribution in [3.05, 3.63) is 35.2 Å². The Hall–Kier alpha value is -3.74. The summed E-state index contributed by atoms with van der Waals surface area (Å²) in [6.45, 7) is 5.03. The number of halogens is 3. The average molecular weight is 592 g/mol. The number of piperidine rings is 1. The van der Waals surface area contributed by atoms with Crippen molar-refractivity contribution in [1.29, 1.82) is 0 Å². The Labute approximate surface area is 238 Å². The quantitative estimate of drug-likeness (QED) is 0.310. The third-order valence-electron chi connectivity index (χ3n) is 6.90. The normalized spacial score (nSPS) is 16.4. The van der Waals surface area contributed by atoms with Gasteiger partial charge in [0.15, 0.2) is 5.82 Å². The predicted molar refractivity (Wildman–Crippen MR) is 150 cm³/mol. The van der Waals surface area contributed by atoms with Gasteiger partial charge in [0.25, 0.3) is 5.91 Å². The van der Waals surface area contributed by atoms with E-state index in [4.69, 9.17) is 9.47 Å². The zero-order chi connectivity index (χ0) is 29.7. The van der Waals surface area contributed by atoms with Crippen LogP contribution in [0.5, 0.6) is 5.75 Å². The monoisotopic (exact) mass is 591 g/mol. The largest absolute Gasteiger partial charge is 0.494 e. The van der Waals surface area contributed by atoms with E-state index in [-0.39, 0.29) is 11.9 Å². The zero-order valence-electron chi connectivity index (χ0n) is 23.5. The van der Waals surface area contributed by atoms with E-state index < -0.39 is 24.4 Å². The zero-order valence-corrected chi connectivity index (χ0v) is 24.3. The van der Waals surface area contributed by atoms with Gasteiger partial charge in [-0.05, 0) is 63.3 Å². The molecule has 0 saturated carbocycles. The van der Waals surface area contributed by atoms with E-state index in [9.17, 15) is 22.8 Å². The van der Waals surface area contributed by atoms with Crippen molar-refractivity contribution in [2.24, 2.45) is 7.05 Å². The first-order valence-corrected chi connectivity index (χ1v) is 14.1. The number of benzene rings is 1. The van der Waals surface area contributed by atoms with Crippen LogP contribution in [-0.4, -0.2) is 69.0 Å². The molecule has 13 heteroatoms. The molecule has 1 atom stereocenters. The van der Waals surface area contributed by atoms with Gasteiger partial charge in [-0.15, -0.1) is 11.3 Å². The van der Waals surface area contributed by atoms with E-state index in [2.05, 4.69) is 10.3 Å². The summed E-state index contributed by atoms with van der Waals surface area (Å²) >= 11 is 1.24. The third kappa shape index (κ3) is 5.99. The van der Waals surface area contributed by atoms with Crippen molar-refractivity contribution in [2.75, 3.05) is 20.2 Å². The van der Waals surface area contributed by atoms with E-state index in [0.717, 1.165) is 0 Å². The summed E-state index contributed by atoms with van der Waals surface area (Å²) in [5, 5.41) is 5.30. The molecule has 0 radical (unpaired) electrons. The van der Waals surface area contributed by atoms with Crippen LogP contribution < -0.4 is 10.1 Å². The van der Waals surface area contributed by atoms with E-state index >= 15 is 0 Å². The fourth-order valence-corrected chi connectivity index (χ4v) is 6.15. The Morgan fingerprint density at radius 1 is 1.20 bits per heavy atom. The molecule has 1 N–H and O–H groups in total. The van der Waals surface area contributed by atoms with Crippen LogP contribution in [0.15, 0.2) is 29.6 Å². The molecule has 1 unspecified atom stereocenters. The Morgan fingerprint density at radius 2 is 1.95 bits per heavy atom. The average Bonchev–Trinajstić information content (AvgIpc) is 3.55. The first-order valence-electron chi connectivity index (χ1n) is 13.2. The number of nitrogens with zero attached hydrogens (tertiary/aromatic N) is 4. The molecule has 4 heterocycles. The number of imidazole rings is 1. The van der Waals surface area contributed by atoms with Gasteiger partial charge in [-0.3, -0.25) is 4.79 Å². The number of aromatic nitrogens is 3. The number of carbonyl (C=O) groups excluding carboxylic acids is 2. The van der Waals surface area contributed by atoms with Crippen molar-refractivity contribution in [3.8, 4) is 17.3 Å². The number of nitrogens with one attached hydrogen (secondary N) is 1. The van der Waals surface area contributed by atoms with E-state index in [1.807, 2.05) is 0 Å². The van der Waals surface area contributed by atoms with Gasteiger partial charge in [0.05, 0.1) is 18.3 Å². The second-order valence-corrected chi connectivity index (χ2v) is 12.1. The highest BCUT2D eigenvalue weighted by molar-refractivity contribution is 7.16. The van der Waals surface area contributed by atoms with Crippen molar-refractivity contribution >= 4 is 44.6 Å². The van der Waals surface area contributed by atoms with Gasteiger partial charge in [0.1, 0.15) is 28.2 Å². The molecule has 2 amide bonds. The summed E-state index contributed by atoms with van der Waals surface area (Å²) < 4.78 is 54.5. The third-order valence-corrected chi connectivity index (χ3v) is 7.85. The fraction of sp³-hybridized carbons (Fsp3) is 0.464. The van der Waals surface area contributed by atoms with E-state index in [0.29, 0.717) is 70.0 Å². The van der Waals surface area contributed by atoms with Crippen LogP contribution in [-0.2, 0) is 18.3 Å². The Morgan fingerprint density at radius 3 is 2.63 bits per heavy atom. The highest BCUT2D eigenvalue weighted by Crippen LogP contribution is 2.37. The number of rotatable bonds is 5. The molecule has 0 aliphatic carbocycles. The number of alkyl halides is 3. The summed E-state index contributed by atoms with van der Waals surface area (Å²) in [5.41, 5.74) is 1.01. The number of amides is 2. The number of ether oxygens (including phenoxy) is 2. The summed E-state index contributed by atoms with van der Waals surface area (Å²) in [7, 11) is 3.19. The van der Waals surface area contributed by atoms with Crippen molar-refractivity contribution in [1.82, 2.24) is 24.3 Å². The lowest BCUT2D eigenvalue weighted by Crippen LogP contribution is -2.50. The van der Waals surface area contributed by atoms with Crippen molar-refractivity contribution < 1.29 is 32.2 Å². The standard InChI is InChI=1S/C28H32F3N5O4S/c1-27(2,3)40-26(38)32-18-7-6-9-35(14-18)24(37)17-11-19-22(21(13-17)39-5)34(4)23(33-19)20-12-16-8-10-41-25(16)36(20)15-28(29,30)31/h8,10-13,18H,6-7,9,14-15H2,1-5H3,(H,32,38). The molecule has 3 aromatic heterocycles. The summed E-state index contributed by atoms with van der Waals surface area (Å²) in [6, 6.07) is 6.47. The van der Waals surface area contributed by atoms with Gasteiger partial charge in [-0.25, -0.2) is 9.78 Å². The fourth-order valence-electron chi connectivity index (χ4n) is 5.25. The second-order valence-electron chi connectivity index (χ2n) is 11.2. The number of likely N-dealkylation sites (tertiary alicyclic amines) is 1. The molecule has 1 aliphatic rings. The molecule has 1 aliphatic heterocycles. The molecule has 0 bridgehead atoms. The number of methoxy groups -OCH3 is 1. The molecule has 1 aromatic carbocycles. The number of hydrogen-bond acceptors (Lipinski definition) is 6. The molecule has 9 nitrogen and oxygen atoms in total. The lowest BCUT2D eigenvalue weighted by molar-refractivity contribution is -0.139. The maximum absolute atomic E-state index is 13.6. The lowest BCUT2D eigenvalue weighted by atomic mass is 10.0.